The third kappa shape index (κ3) is 2.26. The SMILES string of the molecule is [O-][Cl+3]([O-])([O-])OS1=Cc2ccccc2-c2[nH]c3ccccc3c21. The first-order valence-corrected chi connectivity index (χ1v) is 8.86. The molecule has 0 saturated heterocycles. The van der Waals surface area contributed by atoms with Crippen molar-refractivity contribution in [1.82, 2.24) is 4.98 Å². The Morgan fingerprint density at radius 1 is 0.955 bits per heavy atom. The molecule has 1 unspecified atom stereocenters. The zero-order chi connectivity index (χ0) is 15.3. The quantitative estimate of drug-likeness (QED) is 0.688. The van der Waals surface area contributed by atoms with Crippen LogP contribution in [0.15, 0.2) is 53.4 Å². The highest BCUT2D eigenvalue weighted by Gasteiger charge is 2.31. The zero-order valence-electron chi connectivity index (χ0n) is 11.1. The van der Waals surface area contributed by atoms with Gasteiger partial charge in [0.15, 0.2) is 0 Å². The number of fused-ring (bicyclic) bond motifs is 5. The molecule has 5 nitrogen and oxygen atoms in total. The van der Waals surface area contributed by atoms with Crippen molar-refractivity contribution in [3.8, 4) is 11.3 Å². The van der Waals surface area contributed by atoms with Crippen molar-refractivity contribution in [1.29, 1.82) is 0 Å². The molecule has 1 aromatic heterocycles. The number of aromatic amines is 1. The van der Waals surface area contributed by atoms with E-state index in [-0.39, 0.29) is 0 Å². The van der Waals surface area contributed by atoms with E-state index < -0.39 is 21.0 Å². The Kier molecular flexibility index (Phi) is 3.12. The maximum Gasteiger partial charge on any atom is 0.143 e. The summed E-state index contributed by atoms with van der Waals surface area (Å²) in [7, 11) is -5.77. The number of hydrogen-bond donors (Lipinski definition) is 1. The van der Waals surface area contributed by atoms with Gasteiger partial charge < -0.3 is 4.98 Å². The molecule has 112 valence electrons. The molecule has 0 fully saturated rings. The predicted octanol–water partition coefficient (Wildman–Crippen LogP) is 0.456. The Morgan fingerprint density at radius 2 is 1.68 bits per heavy atom. The first-order chi connectivity index (χ1) is 10.5. The van der Waals surface area contributed by atoms with Gasteiger partial charge in [-0.3, -0.25) is 0 Å². The van der Waals surface area contributed by atoms with E-state index >= 15 is 0 Å². The molecule has 0 bridgehead atoms. The van der Waals surface area contributed by atoms with Crippen LogP contribution in [0.5, 0.6) is 0 Å². The molecular weight excluding hydrogens is 326 g/mol. The fourth-order valence-electron chi connectivity index (χ4n) is 2.65. The second-order valence-corrected chi connectivity index (χ2v) is 7.32. The largest absolute Gasteiger partial charge is 0.353 e. The van der Waals surface area contributed by atoms with Crippen molar-refractivity contribution in [2.24, 2.45) is 0 Å². The third-order valence-electron chi connectivity index (χ3n) is 3.47. The zero-order valence-corrected chi connectivity index (χ0v) is 12.7. The highest BCUT2D eigenvalue weighted by atomic mass is 35.7. The summed E-state index contributed by atoms with van der Waals surface area (Å²) in [5.41, 5.74) is 3.46. The van der Waals surface area contributed by atoms with Gasteiger partial charge in [0, 0.05) is 21.8 Å². The van der Waals surface area contributed by atoms with Crippen molar-refractivity contribution in [3.05, 3.63) is 54.1 Å². The summed E-state index contributed by atoms with van der Waals surface area (Å²) in [5, 5.41) is 2.53. The molecule has 0 spiro atoms. The van der Waals surface area contributed by atoms with Crippen molar-refractivity contribution >= 4 is 27.0 Å². The van der Waals surface area contributed by atoms with Crippen LogP contribution in [0.25, 0.3) is 22.2 Å². The van der Waals surface area contributed by atoms with Gasteiger partial charge in [-0.25, -0.2) is 0 Å². The molecule has 1 aliphatic rings. The lowest BCUT2D eigenvalue weighted by Gasteiger charge is -2.18. The summed E-state index contributed by atoms with van der Waals surface area (Å²) in [4.78, 5) is 3.99. The molecule has 22 heavy (non-hydrogen) atoms. The van der Waals surface area contributed by atoms with Crippen molar-refractivity contribution in [3.63, 3.8) is 0 Å². The number of halogens is 1. The molecule has 0 saturated carbocycles. The predicted molar refractivity (Wildman–Crippen MR) is 75.8 cm³/mol. The number of para-hydroxylation sites is 1. The first kappa shape index (κ1) is 14.0. The second kappa shape index (κ2) is 4.92. The Balaban J connectivity index is 2.04. The standard InChI is InChI=1S/C15H10ClNO4S/c18-16(19,20)21-22-9-10-5-1-2-6-11(10)14-15(22)12-7-3-4-8-13(12)17-14/h1-9,17H. The van der Waals surface area contributed by atoms with E-state index in [1.807, 2.05) is 48.5 Å². The monoisotopic (exact) mass is 335 g/mol. The number of aromatic nitrogens is 1. The van der Waals surface area contributed by atoms with Gasteiger partial charge in [0.05, 0.1) is 20.8 Å². The summed E-state index contributed by atoms with van der Waals surface area (Å²) in [5.74, 6) is 0. The molecule has 0 amide bonds. The maximum atomic E-state index is 11.1. The molecular formula is C15H10ClNO4S. The van der Waals surface area contributed by atoms with Crippen LogP contribution in [0, 0.1) is 10.2 Å². The van der Waals surface area contributed by atoms with Crippen LogP contribution in [0.1, 0.15) is 5.56 Å². The fraction of sp³-hybridized carbons (Fsp3) is 0. The molecule has 2 heterocycles. The third-order valence-corrected chi connectivity index (χ3v) is 5.92. The van der Waals surface area contributed by atoms with Gasteiger partial charge >= 0.3 is 0 Å². The summed E-state index contributed by atoms with van der Waals surface area (Å²) in [6.45, 7) is 0. The summed E-state index contributed by atoms with van der Waals surface area (Å²) >= 11 is 0. The molecule has 3 aromatic rings. The molecule has 7 heteroatoms. The average molecular weight is 336 g/mol. The second-order valence-electron chi connectivity index (χ2n) is 4.82. The minimum absolute atomic E-state index is 0.696. The number of hydrogen-bond acceptors (Lipinski definition) is 4. The number of rotatable bonds is 2. The minimum atomic E-state index is -4.51. The van der Waals surface area contributed by atoms with Crippen molar-refractivity contribution in [2.45, 2.75) is 4.90 Å². The topological polar surface area (TPSA) is 94.2 Å². The van der Waals surface area contributed by atoms with Gasteiger partial charge in [-0.05, 0) is 11.6 Å². The summed E-state index contributed by atoms with van der Waals surface area (Å²) in [6, 6.07) is 15.1. The van der Waals surface area contributed by atoms with Gasteiger partial charge in [-0.2, -0.15) is 14.0 Å². The minimum Gasteiger partial charge on any atom is -0.353 e. The Labute approximate surface area is 130 Å². The summed E-state index contributed by atoms with van der Waals surface area (Å²) < 4.78 is 37.9. The Morgan fingerprint density at radius 3 is 2.50 bits per heavy atom. The van der Waals surface area contributed by atoms with Crippen molar-refractivity contribution < 1.29 is 28.0 Å². The van der Waals surface area contributed by atoms with Gasteiger partial charge in [0.2, 0.25) is 0 Å². The van der Waals surface area contributed by atoms with Gasteiger partial charge in [-0.15, -0.1) is 0 Å². The van der Waals surface area contributed by atoms with Gasteiger partial charge in [0.1, 0.15) is 14.5 Å². The van der Waals surface area contributed by atoms with Crippen LogP contribution in [-0.4, -0.2) is 10.4 Å². The lowest BCUT2D eigenvalue weighted by molar-refractivity contribution is -1.91. The maximum absolute atomic E-state index is 11.1. The Bertz CT molecular complexity index is 913. The van der Waals surface area contributed by atoms with Crippen LogP contribution in [0.3, 0.4) is 0 Å². The highest BCUT2D eigenvalue weighted by molar-refractivity contribution is 8.11. The molecule has 4 rings (SSSR count). The molecule has 0 radical (unpaired) electrons. The number of nitrogens with one attached hydrogen (secondary N) is 1. The summed E-state index contributed by atoms with van der Waals surface area (Å²) in [6.07, 6.45) is 0. The normalized spacial score (nSPS) is 17.0. The van der Waals surface area contributed by atoms with E-state index in [9.17, 15) is 14.0 Å². The molecule has 2 aromatic carbocycles. The molecule has 0 aliphatic carbocycles. The van der Waals surface area contributed by atoms with Crippen LogP contribution in [0.2, 0.25) is 0 Å². The van der Waals surface area contributed by atoms with Gasteiger partial charge in [0.25, 0.3) is 0 Å². The van der Waals surface area contributed by atoms with Crippen LogP contribution >= 0.6 is 10.8 Å². The van der Waals surface area contributed by atoms with E-state index in [0.29, 0.717) is 4.90 Å². The van der Waals surface area contributed by atoms with Crippen LogP contribution < -0.4 is 14.0 Å². The van der Waals surface area contributed by atoms with E-state index in [1.165, 1.54) is 0 Å². The van der Waals surface area contributed by atoms with Crippen LogP contribution in [-0.2, 0) is 3.74 Å². The van der Waals surface area contributed by atoms with Crippen LogP contribution in [0.4, 0.5) is 0 Å². The van der Waals surface area contributed by atoms with E-state index in [2.05, 4.69) is 4.98 Å². The lowest BCUT2D eigenvalue weighted by atomic mass is 10.1. The molecule has 1 atom stereocenters. The van der Waals surface area contributed by atoms with Gasteiger partial charge in [-0.1, -0.05) is 42.5 Å². The molecule has 1 aliphatic heterocycles. The highest BCUT2D eigenvalue weighted by Crippen LogP contribution is 2.47. The van der Waals surface area contributed by atoms with E-state index in [4.69, 9.17) is 3.74 Å². The van der Waals surface area contributed by atoms with E-state index in [1.54, 1.807) is 5.37 Å². The Hall–Kier alpha value is -1.67. The number of benzene rings is 2. The van der Waals surface area contributed by atoms with E-state index in [0.717, 1.165) is 27.7 Å². The fourth-order valence-corrected chi connectivity index (χ4v) is 5.02. The lowest BCUT2D eigenvalue weighted by Crippen LogP contribution is -2.60. The average Bonchev–Trinajstić information content (AvgIpc) is 2.85. The molecule has 1 N–H and O–H groups in total. The smallest absolute Gasteiger partial charge is 0.143 e. The first-order valence-electron chi connectivity index (χ1n) is 6.42. The number of H-pyrrole nitrogens is 1. The van der Waals surface area contributed by atoms with Crippen molar-refractivity contribution in [2.75, 3.05) is 0 Å².